The van der Waals surface area contributed by atoms with E-state index in [1.54, 1.807) is 6.92 Å². The molecule has 9 heteroatoms. The van der Waals surface area contributed by atoms with Crippen molar-refractivity contribution in [1.29, 1.82) is 0 Å². The molecule has 0 aliphatic carbocycles. The van der Waals surface area contributed by atoms with E-state index in [0.29, 0.717) is 0 Å². The zero-order valence-electron chi connectivity index (χ0n) is 10.5. The van der Waals surface area contributed by atoms with Gasteiger partial charge in [-0.1, -0.05) is 0 Å². The van der Waals surface area contributed by atoms with E-state index in [-0.39, 0.29) is 11.1 Å². The highest BCUT2D eigenvalue weighted by atomic mass is 32.2. The van der Waals surface area contributed by atoms with Gasteiger partial charge in [0, 0.05) is 19.3 Å². The summed E-state index contributed by atoms with van der Waals surface area (Å²) < 4.78 is 36.3. The second-order valence-electron chi connectivity index (χ2n) is 4.26. The first-order valence-corrected chi connectivity index (χ1v) is 6.63. The summed E-state index contributed by atoms with van der Waals surface area (Å²) in [5.74, 6) is -0.899. The maximum atomic E-state index is 12.1. The molecule has 1 rings (SSSR count). The number of hydrogen-bond acceptors (Lipinski definition) is 3. The van der Waals surface area contributed by atoms with Crippen LogP contribution in [0.2, 0.25) is 0 Å². The van der Waals surface area contributed by atoms with E-state index in [9.17, 15) is 22.8 Å². The number of hydrogen-bond donors (Lipinski definition) is 1. The lowest BCUT2D eigenvalue weighted by molar-refractivity contribution is -0.142. The Labute approximate surface area is 112 Å². The topological polar surface area (TPSA) is 60.9 Å². The minimum Gasteiger partial charge on any atom is -0.480 e. The molecule has 0 saturated carbocycles. The van der Waals surface area contributed by atoms with Crippen LogP contribution in [0.1, 0.15) is 13.3 Å². The molecule has 0 radical (unpaired) electrons. The Kier molecular flexibility index (Phi) is 4.94. The van der Waals surface area contributed by atoms with Crippen LogP contribution in [0.15, 0.2) is 0 Å². The smallest absolute Gasteiger partial charge is 0.390 e. The Morgan fingerprint density at radius 2 is 2.05 bits per heavy atom. The molecule has 1 aliphatic heterocycles. The first-order valence-electron chi connectivity index (χ1n) is 5.58. The van der Waals surface area contributed by atoms with Gasteiger partial charge in [-0.15, -0.1) is 11.8 Å². The van der Waals surface area contributed by atoms with Gasteiger partial charge in [0.15, 0.2) is 0 Å². The van der Waals surface area contributed by atoms with Gasteiger partial charge >= 0.3 is 18.2 Å². The Balaban J connectivity index is 2.67. The largest absolute Gasteiger partial charge is 0.480 e. The van der Waals surface area contributed by atoms with Crippen LogP contribution in [0.3, 0.4) is 0 Å². The van der Waals surface area contributed by atoms with Gasteiger partial charge in [0.25, 0.3) is 0 Å². The van der Waals surface area contributed by atoms with Crippen molar-refractivity contribution in [3.05, 3.63) is 0 Å². The summed E-state index contributed by atoms with van der Waals surface area (Å²) in [6.07, 6.45) is -5.45. The van der Waals surface area contributed by atoms with Crippen LogP contribution >= 0.6 is 11.8 Å². The Bertz CT molecular complexity index is 364. The molecule has 110 valence electrons. The van der Waals surface area contributed by atoms with E-state index in [0.717, 1.165) is 9.80 Å². The van der Waals surface area contributed by atoms with E-state index in [2.05, 4.69) is 0 Å². The molecule has 5 nitrogen and oxygen atoms in total. The number of amides is 2. The zero-order valence-corrected chi connectivity index (χ0v) is 11.3. The maximum absolute atomic E-state index is 12.1. The van der Waals surface area contributed by atoms with Crippen molar-refractivity contribution < 1.29 is 27.9 Å². The van der Waals surface area contributed by atoms with Gasteiger partial charge in [-0.2, -0.15) is 13.2 Å². The lowest BCUT2D eigenvalue weighted by Crippen LogP contribution is -2.50. The molecule has 2 atom stereocenters. The number of thioether (sulfide) groups is 1. The molecular weight excluding hydrogens is 285 g/mol. The first-order chi connectivity index (χ1) is 8.63. The third-order valence-corrected chi connectivity index (χ3v) is 4.00. The minimum atomic E-state index is -4.34. The van der Waals surface area contributed by atoms with Gasteiger partial charge in [0.05, 0.1) is 11.8 Å². The number of halogens is 3. The quantitative estimate of drug-likeness (QED) is 0.864. The molecule has 0 aromatic rings. The number of urea groups is 1. The standard InChI is InChI=1S/C10H15F3N2O3S/c1-6-15(7(5-19-6)8(16)17)9(18)14(2)4-3-10(11,12)13/h6-7H,3-5H2,1-2H3,(H,16,17). The molecule has 2 unspecified atom stereocenters. The third kappa shape index (κ3) is 4.19. The predicted octanol–water partition coefficient (Wildman–Crippen LogP) is 1.84. The normalized spacial score (nSPS) is 23.5. The fraction of sp³-hybridized carbons (Fsp3) is 0.800. The number of aliphatic carboxylic acids is 1. The molecule has 0 spiro atoms. The van der Waals surface area contributed by atoms with Crippen molar-refractivity contribution in [2.45, 2.75) is 30.9 Å². The molecule has 1 aliphatic rings. The summed E-state index contributed by atoms with van der Waals surface area (Å²) in [7, 11) is 1.24. The molecule has 1 fully saturated rings. The Morgan fingerprint density at radius 3 is 2.53 bits per heavy atom. The molecule has 0 bridgehead atoms. The van der Waals surface area contributed by atoms with Crippen LogP contribution in [0.4, 0.5) is 18.0 Å². The van der Waals surface area contributed by atoms with E-state index in [4.69, 9.17) is 5.11 Å². The summed E-state index contributed by atoms with van der Waals surface area (Å²) in [6.45, 7) is 1.17. The number of carboxylic acids is 1. The van der Waals surface area contributed by atoms with Crippen molar-refractivity contribution in [2.75, 3.05) is 19.3 Å². The molecule has 1 heterocycles. The molecule has 1 saturated heterocycles. The van der Waals surface area contributed by atoms with Gasteiger partial charge in [0.1, 0.15) is 6.04 Å². The highest BCUT2D eigenvalue weighted by molar-refractivity contribution is 8.00. The summed E-state index contributed by atoms with van der Waals surface area (Å²) in [5, 5.41) is 8.63. The lowest BCUT2D eigenvalue weighted by Gasteiger charge is -2.30. The van der Waals surface area contributed by atoms with Gasteiger partial charge in [-0.05, 0) is 6.92 Å². The van der Waals surface area contributed by atoms with Gasteiger partial charge in [-0.3, -0.25) is 4.90 Å². The summed E-state index contributed by atoms with van der Waals surface area (Å²) in [5.41, 5.74) is 0. The minimum absolute atomic E-state index is 0.245. The Hall–Kier alpha value is -1.12. The zero-order chi connectivity index (χ0) is 14.8. The van der Waals surface area contributed by atoms with Crippen LogP contribution in [0, 0.1) is 0 Å². The summed E-state index contributed by atoms with van der Waals surface area (Å²) >= 11 is 1.29. The fourth-order valence-corrected chi connectivity index (χ4v) is 2.87. The second kappa shape index (κ2) is 5.89. The van der Waals surface area contributed by atoms with E-state index in [1.165, 1.54) is 18.8 Å². The number of carboxylic acid groups (broad SMARTS) is 1. The summed E-state index contributed by atoms with van der Waals surface area (Å²) in [4.78, 5) is 25.0. The number of alkyl halides is 3. The maximum Gasteiger partial charge on any atom is 0.390 e. The van der Waals surface area contributed by atoms with Crippen LogP contribution < -0.4 is 0 Å². The van der Waals surface area contributed by atoms with Crippen molar-refractivity contribution in [3.63, 3.8) is 0 Å². The number of carbonyl (C=O) groups excluding carboxylic acids is 1. The lowest BCUT2D eigenvalue weighted by atomic mass is 10.3. The van der Waals surface area contributed by atoms with Gasteiger partial charge in [0.2, 0.25) is 0 Å². The molecule has 0 aromatic carbocycles. The average Bonchev–Trinajstić information content (AvgIpc) is 2.66. The molecule has 0 aromatic heterocycles. The highest BCUT2D eigenvalue weighted by Crippen LogP contribution is 2.30. The number of nitrogens with zero attached hydrogens (tertiary/aromatic N) is 2. The predicted molar refractivity (Wildman–Crippen MR) is 63.9 cm³/mol. The van der Waals surface area contributed by atoms with Crippen molar-refractivity contribution in [2.24, 2.45) is 0 Å². The van der Waals surface area contributed by atoms with Crippen molar-refractivity contribution >= 4 is 23.8 Å². The van der Waals surface area contributed by atoms with Crippen LogP contribution in [-0.2, 0) is 4.79 Å². The number of carbonyl (C=O) groups is 2. The first kappa shape index (κ1) is 15.9. The van der Waals surface area contributed by atoms with Crippen LogP contribution in [0.25, 0.3) is 0 Å². The second-order valence-corrected chi connectivity index (χ2v) is 5.61. The van der Waals surface area contributed by atoms with Gasteiger partial charge in [-0.25, -0.2) is 9.59 Å². The van der Waals surface area contributed by atoms with Crippen LogP contribution in [0.5, 0.6) is 0 Å². The monoisotopic (exact) mass is 300 g/mol. The summed E-state index contributed by atoms with van der Waals surface area (Å²) in [6, 6.07) is -1.67. The molecule has 1 N–H and O–H groups in total. The third-order valence-electron chi connectivity index (χ3n) is 2.79. The number of rotatable bonds is 3. The van der Waals surface area contributed by atoms with Crippen molar-refractivity contribution in [1.82, 2.24) is 9.80 Å². The Morgan fingerprint density at radius 1 is 1.47 bits per heavy atom. The molecule has 2 amide bonds. The van der Waals surface area contributed by atoms with E-state index in [1.807, 2.05) is 0 Å². The highest BCUT2D eigenvalue weighted by Gasteiger charge is 2.41. The van der Waals surface area contributed by atoms with E-state index >= 15 is 0 Å². The fourth-order valence-electron chi connectivity index (χ4n) is 1.71. The molecular formula is C10H15F3N2O3S. The van der Waals surface area contributed by atoms with Crippen LogP contribution in [-0.4, -0.2) is 63.8 Å². The van der Waals surface area contributed by atoms with Gasteiger partial charge < -0.3 is 10.0 Å². The van der Waals surface area contributed by atoms with Crippen molar-refractivity contribution in [3.8, 4) is 0 Å². The average molecular weight is 300 g/mol. The molecule has 19 heavy (non-hydrogen) atoms. The SMILES string of the molecule is CC1SCC(C(=O)O)N1C(=O)N(C)CCC(F)(F)F. The van der Waals surface area contributed by atoms with E-state index < -0.39 is 37.2 Å².